The van der Waals surface area contributed by atoms with Gasteiger partial charge in [-0.3, -0.25) is 0 Å². The summed E-state index contributed by atoms with van der Waals surface area (Å²) in [5, 5.41) is 8.55. The lowest BCUT2D eigenvalue weighted by Crippen LogP contribution is -2.41. The molecule has 1 heterocycles. The summed E-state index contributed by atoms with van der Waals surface area (Å²) in [5.74, 6) is -0.813. The van der Waals surface area contributed by atoms with Crippen molar-refractivity contribution in [1.82, 2.24) is 4.90 Å². The van der Waals surface area contributed by atoms with Crippen molar-refractivity contribution < 1.29 is 24.2 Å². The Balaban J connectivity index is 1.73. The minimum absolute atomic E-state index is 0.164. The van der Waals surface area contributed by atoms with Gasteiger partial charge in [-0.2, -0.15) is 0 Å². The minimum atomic E-state index is -0.977. The Morgan fingerprint density at radius 1 is 1.27 bits per heavy atom. The van der Waals surface area contributed by atoms with E-state index in [2.05, 4.69) is 0 Å². The summed E-state index contributed by atoms with van der Waals surface area (Å²) in [4.78, 5) is 24.2. The molecule has 6 nitrogen and oxygen atoms in total. The molecule has 1 amide bonds. The molecule has 1 saturated heterocycles. The number of ether oxygens (including phenoxy) is 2. The number of hydrogen-bond acceptors (Lipinski definition) is 4. The van der Waals surface area contributed by atoms with Crippen LogP contribution in [0.2, 0.25) is 0 Å². The van der Waals surface area contributed by atoms with Gasteiger partial charge in [0.05, 0.1) is 6.61 Å². The molecular formula is C16H21NO5. The first-order valence-corrected chi connectivity index (χ1v) is 7.40. The van der Waals surface area contributed by atoms with Crippen LogP contribution in [-0.4, -0.2) is 48.4 Å². The number of carbonyl (C=O) groups excluding carboxylic acids is 1. The monoisotopic (exact) mass is 307 g/mol. The van der Waals surface area contributed by atoms with E-state index in [9.17, 15) is 9.59 Å². The highest BCUT2D eigenvalue weighted by molar-refractivity contribution is 5.68. The number of nitrogens with zero attached hydrogens (tertiary/aromatic N) is 1. The van der Waals surface area contributed by atoms with Crippen molar-refractivity contribution in [3.05, 3.63) is 35.9 Å². The largest absolute Gasteiger partial charge is 0.480 e. The molecule has 0 spiro atoms. The van der Waals surface area contributed by atoms with Crippen LogP contribution < -0.4 is 0 Å². The molecule has 0 aromatic heterocycles. The Hall–Kier alpha value is -2.08. The Morgan fingerprint density at radius 3 is 2.77 bits per heavy atom. The second kappa shape index (κ2) is 8.38. The van der Waals surface area contributed by atoms with Crippen LogP contribution in [0.4, 0.5) is 4.79 Å². The predicted octanol–water partition coefficient (Wildman–Crippen LogP) is 2.14. The topological polar surface area (TPSA) is 76.1 Å². The van der Waals surface area contributed by atoms with Crippen LogP contribution in [0.3, 0.4) is 0 Å². The molecule has 22 heavy (non-hydrogen) atoms. The van der Waals surface area contributed by atoms with Crippen molar-refractivity contribution in [1.29, 1.82) is 0 Å². The first kappa shape index (κ1) is 16.3. The van der Waals surface area contributed by atoms with Gasteiger partial charge in [-0.1, -0.05) is 30.3 Å². The predicted molar refractivity (Wildman–Crippen MR) is 79.4 cm³/mol. The van der Waals surface area contributed by atoms with Gasteiger partial charge in [-0.25, -0.2) is 9.59 Å². The van der Waals surface area contributed by atoms with Crippen molar-refractivity contribution >= 4 is 12.1 Å². The third kappa shape index (κ3) is 5.37. The zero-order chi connectivity index (χ0) is 15.8. The van der Waals surface area contributed by atoms with Crippen LogP contribution in [0, 0.1) is 5.92 Å². The molecule has 0 saturated carbocycles. The number of rotatable bonds is 6. The van der Waals surface area contributed by atoms with Crippen LogP contribution >= 0.6 is 0 Å². The molecule has 0 aliphatic carbocycles. The summed E-state index contributed by atoms with van der Waals surface area (Å²) in [7, 11) is 0. The van der Waals surface area contributed by atoms with Crippen molar-refractivity contribution in [2.75, 3.05) is 26.3 Å². The molecule has 1 N–H and O–H groups in total. The van der Waals surface area contributed by atoms with E-state index in [1.54, 1.807) is 4.90 Å². The average molecular weight is 307 g/mol. The van der Waals surface area contributed by atoms with Gasteiger partial charge >= 0.3 is 12.1 Å². The smallest absolute Gasteiger partial charge is 0.410 e. The molecule has 6 heteroatoms. The van der Waals surface area contributed by atoms with Crippen LogP contribution in [-0.2, 0) is 20.9 Å². The van der Waals surface area contributed by atoms with Gasteiger partial charge in [0.1, 0.15) is 13.2 Å². The van der Waals surface area contributed by atoms with E-state index in [0.717, 1.165) is 18.4 Å². The second-order valence-corrected chi connectivity index (χ2v) is 5.40. The second-order valence-electron chi connectivity index (χ2n) is 5.40. The minimum Gasteiger partial charge on any atom is -0.480 e. The van der Waals surface area contributed by atoms with E-state index in [1.807, 2.05) is 30.3 Å². The molecule has 1 unspecified atom stereocenters. The number of aliphatic carboxylic acids is 1. The number of hydrogen-bond donors (Lipinski definition) is 1. The highest BCUT2D eigenvalue weighted by Crippen LogP contribution is 2.18. The summed E-state index contributed by atoms with van der Waals surface area (Å²) in [5.41, 5.74) is 0.953. The Morgan fingerprint density at radius 2 is 2.05 bits per heavy atom. The Kier molecular flexibility index (Phi) is 6.21. The van der Waals surface area contributed by atoms with E-state index in [4.69, 9.17) is 14.6 Å². The van der Waals surface area contributed by atoms with E-state index < -0.39 is 5.97 Å². The maximum Gasteiger partial charge on any atom is 0.410 e. The van der Waals surface area contributed by atoms with Gasteiger partial charge in [-0.15, -0.1) is 0 Å². The standard InChI is InChI=1S/C16H21NO5/c18-15(19)12-21-10-14-7-4-8-17(9-14)16(20)22-11-13-5-2-1-3-6-13/h1-3,5-6,14H,4,7-12H2,(H,18,19). The molecule has 2 rings (SSSR count). The number of carbonyl (C=O) groups is 2. The quantitative estimate of drug-likeness (QED) is 0.871. The maximum absolute atomic E-state index is 12.1. The fraction of sp³-hybridized carbons (Fsp3) is 0.500. The normalized spacial score (nSPS) is 18.0. The number of amides is 1. The number of carboxylic acids is 1. The lowest BCUT2D eigenvalue weighted by molar-refractivity contribution is -0.142. The summed E-state index contributed by atoms with van der Waals surface area (Å²) >= 11 is 0. The SMILES string of the molecule is O=C(O)COCC1CCCN(C(=O)OCc2ccccc2)C1. The van der Waals surface area contributed by atoms with E-state index in [-0.39, 0.29) is 25.2 Å². The van der Waals surface area contributed by atoms with E-state index >= 15 is 0 Å². The number of benzene rings is 1. The molecule has 0 bridgehead atoms. The van der Waals surface area contributed by atoms with Crippen molar-refractivity contribution in [3.63, 3.8) is 0 Å². The van der Waals surface area contributed by atoms with Crippen molar-refractivity contribution in [3.8, 4) is 0 Å². The van der Waals surface area contributed by atoms with Gasteiger partial charge < -0.3 is 19.5 Å². The Bertz CT molecular complexity index is 491. The van der Waals surface area contributed by atoms with Gasteiger partial charge in [-0.05, 0) is 18.4 Å². The van der Waals surface area contributed by atoms with Crippen molar-refractivity contribution in [2.45, 2.75) is 19.4 Å². The average Bonchev–Trinajstić information content (AvgIpc) is 2.53. The fourth-order valence-electron chi connectivity index (χ4n) is 2.49. The summed E-state index contributed by atoms with van der Waals surface area (Å²) < 4.78 is 10.4. The van der Waals surface area contributed by atoms with Gasteiger partial charge in [0.25, 0.3) is 0 Å². The highest BCUT2D eigenvalue weighted by atomic mass is 16.6. The molecular weight excluding hydrogens is 286 g/mol. The Labute approximate surface area is 129 Å². The number of carboxylic acid groups (broad SMARTS) is 1. The summed E-state index contributed by atoms with van der Waals surface area (Å²) in [6.45, 7) is 1.54. The maximum atomic E-state index is 12.1. The number of likely N-dealkylation sites (tertiary alicyclic amines) is 1. The molecule has 1 aromatic carbocycles. The van der Waals surface area contributed by atoms with Crippen LogP contribution in [0.5, 0.6) is 0 Å². The van der Waals surface area contributed by atoms with Gasteiger partial charge in [0.2, 0.25) is 0 Å². The lowest BCUT2D eigenvalue weighted by atomic mass is 9.99. The first-order valence-electron chi connectivity index (χ1n) is 7.40. The summed E-state index contributed by atoms with van der Waals surface area (Å²) in [6.07, 6.45) is 1.48. The van der Waals surface area contributed by atoms with E-state index in [0.29, 0.717) is 19.7 Å². The molecule has 1 fully saturated rings. The molecule has 120 valence electrons. The third-order valence-corrected chi connectivity index (χ3v) is 3.56. The first-order chi connectivity index (χ1) is 10.6. The number of piperidine rings is 1. The van der Waals surface area contributed by atoms with Gasteiger partial charge in [0.15, 0.2) is 0 Å². The molecule has 1 aliphatic rings. The third-order valence-electron chi connectivity index (χ3n) is 3.56. The van der Waals surface area contributed by atoms with Crippen molar-refractivity contribution in [2.24, 2.45) is 5.92 Å². The fourth-order valence-corrected chi connectivity index (χ4v) is 2.49. The zero-order valence-electron chi connectivity index (χ0n) is 12.4. The van der Waals surface area contributed by atoms with Crippen LogP contribution in [0.25, 0.3) is 0 Å². The van der Waals surface area contributed by atoms with Crippen LogP contribution in [0.1, 0.15) is 18.4 Å². The lowest BCUT2D eigenvalue weighted by Gasteiger charge is -2.31. The molecule has 0 radical (unpaired) electrons. The molecule has 1 aliphatic heterocycles. The zero-order valence-corrected chi connectivity index (χ0v) is 12.4. The van der Waals surface area contributed by atoms with Gasteiger partial charge in [0, 0.05) is 19.0 Å². The molecule has 1 atom stereocenters. The molecule has 1 aromatic rings. The summed E-state index contributed by atoms with van der Waals surface area (Å²) in [6, 6.07) is 9.54. The van der Waals surface area contributed by atoms with E-state index in [1.165, 1.54) is 0 Å². The highest BCUT2D eigenvalue weighted by Gasteiger charge is 2.25. The van der Waals surface area contributed by atoms with Crippen LogP contribution in [0.15, 0.2) is 30.3 Å².